The zero-order valence-electron chi connectivity index (χ0n) is 16.6. The van der Waals surface area contributed by atoms with Crippen molar-refractivity contribution in [1.29, 1.82) is 0 Å². The van der Waals surface area contributed by atoms with Gasteiger partial charge in [-0.2, -0.15) is 4.37 Å². The second kappa shape index (κ2) is 6.37. The van der Waals surface area contributed by atoms with E-state index in [0.717, 1.165) is 5.69 Å². The van der Waals surface area contributed by atoms with E-state index in [1.54, 1.807) is 14.0 Å². The number of nitrogens with two attached hydrogens (primary N) is 1. The average molecular weight is 431 g/mol. The SMILES string of the molecule is COC12[C@@H]3N[C@@H]3CN1C1=C(C(=O)C(Nc3cc(C)ns3)=C(C)C1=O)[C@@H]2COC(N)=O. The van der Waals surface area contributed by atoms with E-state index < -0.39 is 17.7 Å². The first-order valence-corrected chi connectivity index (χ1v) is 10.3. The Balaban J connectivity index is 1.58. The maximum absolute atomic E-state index is 13.6. The number of ketones is 2. The van der Waals surface area contributed by atoms with Crippen molar-refractivity contribution in [2.24, 2.45) is 11.7 Å². The Morgan fingerprint density at radius 3 is 2.83 bits per heavy atom. The molecule has 1 aliphatic carbocycles. The molecule has 158 valence electrons. The Bertz CT molecular complexity index is 1060. The van der Waals surface area contributed by atoms with E-state index in [1.807, 2.05) is 17.9 Å². The van der Waals surface area contributed by atoms with E-state index >= 15 is 0 Å². The van der Waals surface area contributed by atoms with Gasteiger partial charge in [-0.3, -0.25) is 9.59 Å². The molecular weight excluding hydrogens is 410 g/mol. The first kappa shape index (κ1) is 19.2. The van der Waals surface area contributed by atoms with Gasteiger partial charge < -0.3 is 30.7 Å². The monoisotopic (exact) mass is 431 g/mol. The smallest absolute Gasteiger partial charge is 0.404 e. The van der Waals surface area contributed by atoms with Gasteiger partial charge in [0.15, 0.2) is 5.72 Å². The lowest BCUT2D eigenvalue weighted by molar-refractivity contribution is -0.137. The highest BCUT2D eigenvalue weighted by molar-refractivity contribution is 7.10. The Morgan fingerprint density at radius 2 is 2.20 bits per heavy atom. The maximum atomic E-state index is 13.6. The quantitative estimate of drug-likeness (QED) is 0.441. The number of anilines is 1. The molecule has 2 fully saturated rings. The van der Waals surface area contributed by atoms with E-state index in [2.05, 4.69) is 15.0 Å². The molecule has 11 heteroatoms. The van der Waals surface area contributed by atoms with Gasteiger partial charge in [-0.1, -0.05) is 0 Å². The number of hydrogen-bond acceptors (Lipinski definition) is 10. The van der Waals surface area contributed by atoms with Gasteiger partial charge in [0.1, 0.15) is 11.6 Å². The second-order valence-electron chi connectivity index (χ2n) is 7.88. The fourth-order valence-electron chi connectivity index (χ4n) is 4.99. The topological polar surface area (TPSA) is 146 Å². The number of carbonyl (C=O) groups excluding carboxylic acids is 3. The van der Waals surface area contributed by atoms with Crippen LogP contribution in [0.25, 0.3) is 0 Å². The minimum Gasteiger partial charge on any atom is -0.449 e. The van der Waals surface area contributed by atoms with Crippen molar-refractivity contribution in [3.63, 3.8) is 0 Å². The third-order valence-corrected chi connectivity index (χ3v) is 7.10. The number of carbonyl (C=O) groups is 3. The molecule has 5 rings (SSSR count). The molecule has 3 aliphatic heterocycles. The van der Waals surface area contributed by atoms with Gasteiger partial charge in [-0.25, -0.2) is 4.79 Å². The van der Waals surface area contributed by atoms with Gasteiger partial charge in [0.25, 0.3) is 0 Å². The third-order valence-electron chi connectivity index (χ3n) is 6.30. The summed E-state index contributed by atoms with van der Waals surface area (Å²) in [4.78, 5) is 40.2. The number of aryl methyl sites for hydroxylation is 1. The predicted octanol–water partition coefficient (Wildman–Crippen LogP) is 0.267. The van der Waals surface area contributed by atoms with Crippen LogP contribution in [-0.2, 0) is 19.1 Å². The number of ether oxygens (including phenoxy) is 2. The zero-order valence-corrected chi connectivity index (χ0v) is 17.5. The van der Waals surface area contributed by atoms with Gasteiger partial charge in [0.05, 0.1) is 29.0 Å². The summed E-state index contributed by atoms with van der Waals surface area (Å²) in [5, 5.41) is 7.07. The van der Waals surface area contributed by atoms with Crippen molar-refractivity contribution in [2.45, 2.75) is 31.7 Å². The van der Waals surface area contributed by atoms with E-state index in [4.69, 9.17) is 15.2 Å². The largest absolute Gasteiger partial charge is 0.449 e. The van der Waals surface area contributed by atoms with Gasteiger partial charge in [-0.15, -0.1) is 0 Å². The zero-order chi connectivity index (χ0) is 21.4. The van der Waals surface area contributed by atoms with Crippen LogP contribution in [0.5, 0.6) is 0 Å². The minimum atomic E-state index is -0.979. The molecule has 1 aromatic rings. The van der Waals surface area contributed by atoms with Gasteiger partial charge in [-0.05, 0) is 31.4 Å². The van der Waals surface area contributed by atoms with Crippen LogP contribution >= 0.6 is 11.5 Å². The third kappa shape index (κ3) is 2.42. The van der Waals surface area contributed by atoms with Gasteiger partial charge in [0.2, 0.25) is 11.6 Å². The Labute approximate surface area is 176 Å². The molecular formula is C19H21N5O5S. The van der Waals surface area contributed by atoms with E-state index in [-0.39, 0.29) is 36.0 Å². The van der Waals surface area contributed by atoms with Crippen molar-refractivity contribution in [1.82, 2.24) is 14.6 Å². The number of primary amides is 1. The highest BCUT2D eigenvalue weighted by Gasteiger charge is 2.72. The molecule has 1 amide bonds. The number of rotatable bonds is 5. The van der Waals surface area contributed by atoms with Crippen molar-refractivity contribution in [2.75, 3.05) is 25.6 Å². The molecule has 4 heterocycles. The number of Topliss-reactive ketones (excluding diaryl/α,β-unsaturated/α-hetero) is 2. The number of amides is 1. The molecule has 10 nitrogen and oxygen atoms in total. The van der Waals surface area contributed by atoms with Crippen LogP contribution < -0.4 is 16.4 Å². The summed E-state index contributed by atoms with van der Waals surface area (Å²) >= 11 is 1.21. The second-order valence-corrected chi connectivity index (χ2v) is 8.68. The van der Waals surface area contributed by atoms with Crippen molar-refractivity contribution < 1.29 is 23.9 Å². The molecule has 0 bridgehead atoms. The first-order chi connectivity index (χ1) is 14.3. The molecule has 4 N–H and O–H groups in total. The molecule has 0 radical (unpaired) electrons. The highest BCUT2D eigenvalue weighted by Crippen LogP contribution is 2.55. The molecule has 4 atom stereocenters. The maximum Gasteiger partial charge on any atom is 0.404 e. The van der Waals surface area contributed by atoms with Crippen LogP contribution in [0, 0.1) is 12.8 Å². The highest BCUT2D eigenvalue weighted by atomic mass is 32.1. The molecule has 1 aromatic heterocycles. The van der Waals surface area contributed by atoms with Crippen molar-refractivity contribution in [3.05, 3.63) is 34.3 Å². The first-order valence-electron chi connectivity index (χ1n) is 9.55. The Kier molecular flexibility index (Phi) is 4.08. The summed E-state index contributed by atoms with van der Waals surface area (Å²) in [5.41, 5.74) is 6.20. The lowest BCUT2D eigenvalue weighted by atomic mass is 9.82. The summed E-state index contributed by atoms with van der Waals surface area (Å²) < 4.78 is 15.3. The molecule has 2 saturated heterocycles. The van der Waals surface area contributed by atoms with Gasteiger partial charge >= 0.3 is 6.09 Å². The summed E-state index contributed by atoms with van der Waals surface area (Å²) in [6.45, 7) is 3.86. The number of hydrogen-bond donors (Lipinski definition) is 3. The number of nitrogens with zero attached hydrogens (tertiary/aromatic N) is 2. The Hall–Kier alpha value is -2.76. The lowest BCUT2D eigenvalue weighted by Crippen LogP contribution is -2.55. The normalized spacial score (nSPS) is 31.7. The predicted molar refractivity (Wildman–Crippen MR) is 106 cm³/mol. The molecule has 0 aromatic carbocycles. The van der Waals surface area contributed by atoms with Crippen LogP contribution in [0.1, 0.15) is 12.6 Å². The molecule has 0 saturated carbocycles. The number of methoxy groups -OCH3 is 1. The number of allylic oxidation sites excluding steroid dienone is 2. The van der Waals surface area contributed by atoms with E-state index in [0.29, 0.717) is 28.4 Å². The van der Waals surface area contributed by atoms with Gasteiger partial charge in [0, 0.05) is 30.8 Å². The summed E-state index contributed by atoms with van der Waals surface area (Å²) in [7, 11) is 1.54. The molecule has 0 spiro atoms. The standard InChI is InChI=1S/C19H21N5O5S/c1-7-4-11(30-23-7)22-13-8(2)15(25)14-12(16(13)26)9(6-29-18(20)27)19(28-3)17-10(21-17)5-24(14)19/h4,9-10,17,21-22H,5-6H2,1-3H3,(H2,20,27)/t9-,10+,17+,19?/m0/s1. The average Bonchev–Trinajstić information content (AvgIpc) is 3.10. The summed E-state index contributed by atoms with van der Waals surface area (Å²) in [6.07, 6.45) is -0.944. The Morgan fingerprint density at radius 1 is 1.43 bits per heavy atom. The number of piperazine rings is 1. The molecule has 4 aliphatic rings. The van der Waals surface area contributed by atoms with E-state index in [9.17, 15) is 14.4 Å². The van der Waals surface area contributed by atoms with Crippen LogP contribution in [-0.4, -0.2) is 65.0 Å². The van der Waals surface area contributed by atoms with Crippen LogP contribution in [0.4, 0.5) is 9.80 Å². The van der Waals surface area contributed by atoms with Crippen molar-refractivity contribution >= 4 is 34.2 Å². The number of nitrogens with one attached hydrogen (secondary N) is 2. The molecule has 1 unspecified atom stereocenters. The minimum absolute atomic E-state index is 0.0731. The molecule has 30 heavy (non-hydrogen) atoms. The summed E-state index contributed by atoms with van der Waals surface area (Å²) in [5.74, 6) is -1.20. The lowest BCUT2D eigenvalue weighted by Gasteiger charge is -2.39. The fraction of sp³-hybridized carbons (Fsp3) is 0.474. The van der Waals surface area contributed by atoms with Crippen LogP contribution in [0.3, 0.4) is 0 Å². The summed E-state index contributed by atoms with van der Waals surface area (Å²) in [6, 6.07) is 1.89. The number of fused-ring (bicyclic) bond motifs is 4. The van der Waals surface area contributed by atoms with Crippen LogP contribution in [0.2, 0.25) is 0 Å². The van der Waals surface area contributed by atoms with E-state index in [1.165, 1.54) is 11.5 Å². The van der Waals surface area contributed by atoms with Crippen LogP contribution in [0.15, 0.2) is 28.6 Å². The number of aromatic nitrogens is 1. The fourth-order valence-corrected chi connectivity index (χ4v) is 5.65. The van der Waals surface area contributed by atoms with Crippen molar-refractivity contribution in [3.8, 4) is 0 Å².